The van der Waals surface area contributed by atoms with Crippen LogP contribution in [-0.2, 0) is 24.0 Å². The van der Waals surface area contributed by atoms with E-state index in [9.17, 15) is 4.79 Å². The zero-order valence-electron chi connectivity index (χ0n) is 18.3. The van der Waals surface area contributed by atoms with E-state index in [0.717, 1.165) is 25.7 Å². The maximum Gasteiger partial charge on any atom is 0.308 e. The summed E-state index contributed by atoms with van der Waals surface area (Å²) in [5.74, 6) is 5.24. The van der Waals surface area contributed by atoms with E-state index in [1.807, 2.05) is 12.2 Å². The van der Waals surface area contributed by atoms with E-state index < -0.39 is 5.79 Å². The van der Waals surface area contributed by atoms with E-state index in [0.29, 0.717) is 19.3 Å². The highest BCUT2D eigenvalue weighted by Crippen LogP contribution is 2.33. The minimum absolute atomic E-state index is 0.198. The Morgan fingerprint density at radius 3 is 2.59 bits per heavy atom. The number of carbonyl (C=O) groups is 1. The minimum atomic E-state index is -0.740. The molecular formula is C24H38O5. The summed E-state index contributed by atoms with van der Waals surface area (Å²) >= 11 is 0. The van der Waals surface area contributed by atoms with Gasteiger partial charge < -0.3 is 9.47 Å². The largest absolute Gasteiger partial charge is 0.469 e. The Kier molecular flexibility index (Phi) is 14.2. The van der Waals surface area contributed by atoms with Crippen LogP contribution >= 0.6 is 0 Å². The first kappa shape index (κ1) is 25.4. The summed E-state index contributed by atoms with van der Waals surface area (Å²) in [6, 6.07) is 0. The van der Waals surface area contributed by atoms with Crippen molar-refractivity contribution in [2.24, 2.45) is 0 Å². The third kappa shape index (κ3) is 11.9. The van der Waals surface area contributed by atoms with E-state index in [4.69, 9.17) is 14.5 Å². The summed E-state index contributed by atoms with van der Waals surface area (Å²) in [4.78, 5) is 22.2. The summed E-state index contributed by atoms with van der Waals surface area (Å²) in [5, 5.41) is 0. The minimum Gasteiger partial charge on any atom is -0.469 e. The lowest BCUT2D eigenvalue weighted by atomic mass is 9.99. The van der Waals surface area contributed by atoms with Crippen LogP contribution in [0.15, 0.2) is 24.8 Å². The standard InChI is InChI=1S/C24H38O5/c1-4-5-6-7-8-9-10-11-12-13-14-15-16-17-19-24(27-3)20-18-22(28-29-24)21-23(25)26-2/h4,12-13,22H,1,5-11,16-21H2,2-3H3/b13-12+/t22-,24+/m0/s1. The number of hydrogen-bond acceptors (Lipinski definition) is 5. The van der Waals surface area contributed by atoms with Crippen LogP contribution in [-0.4, -0.2) is 32.1 Å². The second kappa shape index (κ2) is 16.2. The highest BCUT2D eigenvalue weighted by Gasteiger charge is 2.38. The highest BCUT2D eigenvalue weighted by molar-refractivity contribution is 5.69. The lowest BCUT2D eigenvalue weighted by molar-refractivity contribution is -0.466. The third-order valence-corrected chi connectivity index (χ3v) is 5.12. The van der Waals surface area contributed by atoms with Crippen LogP contribution in [0.25, 0.3) is 0 Å². The molecule has 2 atom stereocenters. The zero-order valence-corrected chi connectivity index (χ0v) is 18.3. The van der Waals surface area contributed by atoms with Gasteiger partial charge in [-0.05, 0) is 44.6 Å². The third-order valence-electron chi connectivity index (χ3n) is 5.12. The molecule has 0 aromatic rings. The van der Waals surface area contributed by atoms with Crippen molar-refractivity contribution < 1.29 is 24.0 Å². The van der Waals surface area contributed by atoms with Crippen LogP contribution in [0.4, 0.5) is 0 Å². The van der Waals surface area contributed by atoms with Crippen LogP contribution in [0.5, 0.6) is 0 Å². The number of carbonyl (C=O) groups excluding carboxylic acids is 1. The van der Waals surface area contributed by atoms with Crippen molar-refractivity contribution in [3.05, 3.63) is 24.8 Å². The maximum atomic E-state index is 11.3. The monoisotopic (exact) mass is 406 g/mol. The topological polar surface area (TPSA) is 54.0 Å². The molecule has 1 aliphatic heterocycles. The first-order valence-electron chi connectivity index (χ1n) is 10.9. The molecule has 1 aliphatic rings. The van der Waals surface area contributed by atoms with Gasteiger partial charge in [0.25, 0.3) is 0 Å². The van der Waals surface area contributed by atoms with E-state index in [1.165, 1.54) is 39.2 Å². The van der Waals surface area contributed by atoms with Crippen molar-refractivity contribution in [1.82, 2.24) is 0 Å². The molecule has 0 unspecified atom stereocenters. The van der Waals surface area contributed by atoms with Crippen molar-refractivity contribution in [3.8, 4) is 11.8 Å². The fourth-order valence-corrected chi connectivity index (χ4v) is 3.24. The van der Waals surface area contributed by atoms with Gasteiger partial charge in [-0.1, -0.05) is 43.3 Å². The number of ether oxygens (including phenoxy) is 2. The Bertz CT molecular complexity index is 535. The Balaban J connectivity index is 2.11. The van der Waals surface area contributed by atoms with Crippen molar-refractivity contribution in [3.63, 3.8) is 0 Å². The first-order chi connectivity index (χ1) is 14.2. The molecule has 0 bridgehead atoms. The summed E-state index contributed by atoms with van der Waals surface area (Å²) in [7, 11) is 2.99. The van der Waals surface area contributed by atoms with E-state index in [1.54, 1.807) is 7.11 Å². The number of hydrogen-bond donors (Lipinski definition) is 0. The van der Waals surface area contributed by atoms with E-state index in [-0.39, 0.29) is 18.5 Å². The van der Waals surface area contributed by atoms with Gasteiger partial charge in [0.05, 0.1) is 13.5 Å². The molecule has 5 heteroatoms. The molecule has 1 saturated heterocycles. The van der Waals surface area contributed by atoms with Crippen molar-refractivity contribution in [1.29, 1.82) is 0 Å². The first-order valence-corrected chi connectivity index (χ1v) is 10.9. The SMILES string of the molecule is C=CCCCCCCC/C=C/C#CCCC[C@]1(OC)CC[C@@H](CC(=O)OC)OO1. The van der Waals surface area contributed by atoms with Gasteiger partial charge in [-0.2, -0.15) is 0 Å². The van der Waals surface area contributed by atoms with E-state index >= 15 is 0 Å². The molecule has 0 spiro atoms. The molecule has 0 aromatic heterocycles. The fourth-order valence-electron chi connectivity index (χ4n) is 3.24. The van der Waals surface area contributed by atoms with Gasteiger partial charge in [0, 0.05) is 26.4 Å². The molecule has 0 radical (unpaired) electrons. The van der Waals surface area contributed by atoms with E-state index in [2.05, 4.69) is 29.2 Å². The lowest BCUT2D eigenvalue weighted by Gasteiger charge is -2.37. The molecule has 0 aromatic carbocycles. The maximum absolute atomic E-state index is 11.3. The molecule has 0 aliphatic carbocycles. The molecule has 1 fully saturated rings. The number of allylic oxidation sites excluding steroid dienone is 3. The van der Waals surface area contributed by atoms with Gasteiger partial charge in [-0.25, -0.2) is 9.78 Å². The predicted octanol–water partition coefficient (Wildman–Crippen LogP) is 5.65. The normalized spacial score (nSPS) is 21.5. The Hall–Kier alpha value is -1.61. The molecule has 1 rings (SSSR count). The Morgan fingerprint density at radius 2 is 1.93 bits per heavy atom. The molecule has 1 heterocycles. The average molecular weight is 407 g/mol. The van der Waals surface area contributed by atoms with Crippen molar-refractivity contribution >= 4 is 5.97 Å². The fraction of sp³-hybridized carbons (Fsp3) is 0.708. The number of unbranched alkanes of at least 4 members (excludes halogenated alkanes) is 7. The van der Waals surface area contributed by atoms with Crippen molar-refractivity contribution in [2.45, 2.75) is 95.4 Å². The second-order valence-corrected chi connectivity index (χ2v) is 7.45. The second-order valence-electron chi connectivity index (χ2n) is 7.45. The van der Waals surface area contributed by atoms with Crippen LogP contribution in [0.3, 0.4) is 0 Å². The molecule has 5 nitrogen and oxygen atoms in total. The summed E-state index contributed by atoms with van der Waals surface area (Å²) < 4.78 is 10.2. The van der Waals surface area contributed by atoms with Gasteiger partial charge >= 0.3 is 5.97 Å². The summed E-state index contributed by atoms with van der Waals surface area (Å²) in [6.45, 7) is 3.75. The number of methoxy groups -OCH3 is 2. The highest BCUT2D eigenvalue weighted by atomic mass is 17.2. The van der Waals surface area contributed by atoms with Crippen molar-refractivity contribution in [2.75, 3.05) is 14.2 Å². The van der Waals surface area contributed by atoms with Crippen LogP contribution in [0, 0.1) is 11.8 Å². The Morgan fingerprint density at radius 1 is 1.17 bits per heavy atom. The van der Waals surface area contributed by atoms with Gasteiger partial charge in [0.1, 0.15) is 6.10 Å². The van der Waals surface area contributed by atoms with Crippen LogP contribution in [0.1, 0.15) is 83.5 Å². The molecule has 0 N–H and O–H groups in total. The quantitative estimate of drug-likeness (QED) is 0.123. The summed E-state index contributed by atoms with van der Waals surface area (Å²) in [6.07, 6.45) is 18.4. The van der Waals surface area contributed by atoms with Gasteiger partial charge in [0.15, 0.2) is 0 Å². The number of rotatable bonds is 14. The Labute approximate surface area is 176 Å². The smallest absolute Gasteiger partial charge is 0.308 e. The zero-order chi connectivity index (χ0) is 21.2. The van der Waals surface area contributed by atoms with Gasteiger partial charge in [0.2, 0.25) is 5.79 Å². The summed E-state index contributed by atoms with van der Waals surface area (Å²) in [5.41, 5.74) is 0. The molecule has 0 saturated carbocycles. The molecular weight excluding hydrogens is 368 g/mol. The average Bonchev–Trinajstić information content (AvgIpc) is 2.75. The lowest BCUT2D eigenvalue weighted by Crippen LogP contribution is -2.42. The molecule has 0 amide bonds. The predicted molar refractivity (Wildman–Crippen MR) is 115 cm³/mol. The van der Waals surface area contributed by atoms with Gasteiger partial charge in [-0.3, -0.25) is 4.79 Å². The molecule has 29 heavy (non-hydrogen) atoms. The van der Waals surface area contributed by atoms with Crippen LogP contribution in [0.2, 0.25) is 0 Å². The number of esters is 1. The molecule has 164 valence electrons. The van der Waals surface area contributed by atoms with Crippen LogP contribution < -0.4 is 0 Å². The van der Waals surface area contributed by atoms with Gasteiger partial charge in [-0.15, -0.1) is 6.58 Å².